The summed E-state index contributed by atoms with van der Waals surface area (Å²) in [6.45, 7) is 3.50. The second-order valence-corrected chi connectivity index (χ2v) is 4.14. The van der Waals surface area contributed by atoms with E-state index in [0.717, 1.165) is 18.1 Å². The highest BCUT2D eigenvalue weighted by Gasteiger charge is 2.30. The van der Waals surface area contributed by atoms with Crippen molar-refractivity contribution in [1.82, 2.24) is 9.97 Å². The number of nitrogen functional groups attached to an aromatic ring is 1. The van der Waals surface area contributed by atoms with Crippen molar-refractivity contribution in [3.05, 3.63) is 11.8 Å². The smallest absolute Gasteiger partial charge is 0.222 e. The Balaban J connectivity index is 2.16. The molecule has 2 rings (SSSR count). The maximum atomic E-state index is 5.67. The Morgan fingerprint density at radius 3 is 2.81 bits per heavy atom. The lowest BCUT2D eigenvalue weighted by atomic mass is 10.3. The third-order valence-electron chi connectivity index (χ3n) is 2.68. The van der Waals surface area contributed by atoms with E-state index < -0.39 is 0 Å². The Hall–Kier alpha value is -1.36. The summed E-state index contributed by atoms with van der Waals surface area (Å²) in [6.07, 6.45) is 2.46. The van der Waals surface area contributed by atoms with Crippen LogP contribution in [-0.2, 0) is 4.74 Å². The van der Waals surface area contributed by atoms with Crippen molar-refractivity contribution < 1.29 is 4.74 Å². The molecule has 0 radical (unpaired) electrons. The van der Waals surface area contributed by atoms with Crippen LogP contribution < -0.4 is 10.6 Å². The van der Waals surface area contributed by atoms with E-state index in [1.807, 2.05) is 13.0 Å². The van der Waals surface area contributed by atoms with E-state index >= 15 is 0 Å². The van der Waals surface area contributed by atoms with Gasteiger partial charge in [0, 0.05) is 31.5 Å². The van der Waals surface area contributed by atoms with Crippen LogP contribution >= 0.6 is 0 Å². The van der Waals surface area contributed by atoms with Gasteiger partial charge in [-0.05, 0) is 19.8 Å². The SMILES string of the molecule is COCCN(c1cc(C)nc(N)n1)C1CC1. The quantitative estimate of drug-likeness (QED) is 0.804. The number of anilines is 2. The zero-order valence-electron chi connectivity index (χ0n) is 9.81. The lowest BCUT2D eigenvalue weighted by Crippen LogP contribution is -2.30. The summed E-state index contributed by atoms with van der Waals surface area (Å²) in [5.41, 5.74) is 6.57. The predicted octanol–water partition coefficient (Wildman–Crippen LogP) is 0.982. The van der Waals surface area contributed by atoms with E-state index in [1.165, 1.54) is 12.8 Å². The number of hydrogen-bond donors (Lipinski definition) is 1. The summed E-state index contributed by atoms with van der Waals surface area (Å²) in [5.74, 6) is 1.27. The molecule has 1 aliphatic carbocycles. The van der Waals surface area contributed by atoms with Gasteiger partial charge in [-0.25, -0.2) is 4.98 Å². The molecule has 5 nitrogen and oxygen atoms in total. The lowest BCUT2D eigenvalue weighted by Gasteiger charge is -2.23. The summed E-state index contributed by atoms with van der Waals surface area (Å²) in [4.78, 5) is 10.6. The zero-order valence-corrected chi connectivity index (χ0v) is 9.81. The number of hydrogen-bond acceptors (Lipinski definition) is 5. The van der Waals surface area contributed by atoms with Crippen molar-refractivity contribution in [2.24, 2.45) is 0 Å². The van der Waals surface area contributed by atoms with Crippen LogP contribution in [-0.4, -0.2) is 36.3 Å². The van der Waals surface area contributed by atoms with Gasteiger partial charge in [0.25, 0.3) is 0 Å². The maximum Gasteiger partial charge on any atom is 0.222 e. The highest BCUT2D eigenvalue weighted by Crippen LogP contribution is 2.30. The number of methoxy groups -OCH3 is 1. The van der Waals surface area contributed by atoms with E-state index in [4.69, 9.17) is 10.5 Å². The second-order valence-electron chi connectivity index (χ2n) is 4.14. The molecule has 0 saturated heterocycles. The predicted molar refractivity (Wildman–Crippen MR) is 63.4 cm³/mol. The largest absolute Gasteiger partial charge is 0.383 e. The number of aromatic nitrogens is 2. The first kappa shape index (κ1) is 11.1. The fraction of sp³-hybridized carbons (Fsp3) is 0.636. The van der Waals surface area contributed by atoms with Gasteiger partial charge in [-0.2, -0.15) is 4.98 Å². The van der Waals surface area contributed by atoms with Crippen LogP contribution in [0, 0.1) is 6.92 Å². The molecule has 0 aromatic carbocycles. The van der Waals surface area contributed by atoms with Crippen LogP contribution in [0.1, 0.15) is 18.5 Å². The summed E-state index contributed by atoms with van der Waals surface area (Å²) < 4.78 is 5.12. The second kappa shape index (κ2) is 4.65. The number of nitrogens with zero attached hydrogens (tertiary/aromatic N) is 3. The van der Waals surface area contributed by atoms with Crippen LogP contribution in [0.4, 0.5) is 11.8 Å². The summed E-state index contributed by atoms with van der Waals surface area (Å²) in [5, 5.41) is 0. The van der Waals surface area contributed by atoms with Gasteiger partial charge >= 0.3 is 0 Å². The molecule has 0 spiro atoms. The zero-order chi connectivity index (χ0) is 11.5. The molecule has 1 aromatic rings. The van der Waals surface area contributed by atoms with Gasteiger partial charge in [0.15, 0.2) is 0 Å². The van der Waals surface area contributed by atoms with E-state index in [-0.39, 0.29) is 0 Å². The van der Waals surface area contributed by atoms with Gasteiger partial charge in [-0.3, -0.25) is 0 Å². The minimum Gasteiger partial charge on any atom is -0.383 e. The number of aryl methyl sites for hydroxylation is 1. The molecule has 0 bridgehead atoms. The van der Waals surface area contributed by atoms with Crippen molar-refractivity contribution in [3.63, 3.8) is 0 Å². The van der Waals surface area contributed by atoms with Gasteiger partial charge in [-0.1, -0.05) is 0 Å². The molecule has 88 valence electrons. The first-order valence-electron chi connectivity index (χ1n) is 5.57. The van der Waals surface area contributed by atoms with Gasteiger partial charge in [-0.15, -0.1) is 0 Å². The third kappa shape index (κ3) is 2.61. The van der Waals surface area contributed by atoms with Crippen LogP contribution in [0.5, 0.6) is 0 Å². The van der Waals surface area contributed by atoms with E-state index in [2.05, 4.69) is 14.9 Å². The molecule has 0 unspecified atom stereocenters. The van der Waals surface area contributed by atoms with E-state index in [0.29, 0.717) is 18.6 Å². The van der Waals surface area contributed by atoms with Crippen LogP contribution in [0.15, 0.2) is 6.07 Å². The van der Waals surface area contributed by atoms with E-state index in [9.17, 15) is 0 Å². The van der Waals surface area contributed by atoms with Gasteiger partial charge in [0.05, 0.1) is 6.61 Å². The summed E-state index contributed by atoms with van der Waals surface area (Å²) in [6, 6.07) is 2.58. The molecule has 1 fully saturated rings. The van der Waals surface area contributed by atoms with Gasteiger partial charge in [0.2, 0.25) is 5.95 Å². The Bertz CT molecular complexity index is 345. The van der Waals surface area contributed by atoms with Gasteiger partial charge < -0.3 is 15.4 Å². The normalized spacial score (nSPS) is 15.1. The average Bonchev–Trinajstić information content (AvgIpc) is 3.01. The molecule has 1 aliphatic rings. The van der Waals surface area contributed by atoms with Gasteiger partial charge in [0.1, 0.15) is 5.82 Å². The summed E-state index contributed by atoms with van der Waals surface area (Å²) >= 11 is 0. The molecular formula is C11H18N4O. The van der Waals surface area contributed by atoms with Crippen LogP contribution in [0.25, 0.3) is 0 Å². The molecule has 5 heteroatoms. The Kier molecular flexibility index (Phi) is 3.24. The van der Waals surface area contributed by atoms with Crippen molar-refractivity contribution >= 4 is 11.8 Å². The fourth-order valence-electron chi connectivity index (χ4n) is 1.78. The molecule has 1 aromatic heterocycles. The number of ether oxygens (including phenoxy) is 1. The maximum absolute atomic E-state index is 5.67. The first-order valence-corrected chi connectivity index (χ1v) is 5.57. The molecule has 1 heterocycles. The number of nitrogens with two attached hydrogens (primary N) is 1. The lowest BCUT2D eigenvalue weighted by molar-refractivity contribution is 0.204. The third-order valence-corrected chi connectivity index (χ3v) is 2.68. The van der Waals surface area contributed by atoms with E-state index in [1.54, 1.807) is 7.11 Å². The molecule has 1 saturated carbocycles. The van der Waals surface area contributed by atoms with Crippen molar-refractivity contribution in [1.29, 1.82) is 0 Å². The average molecular weight is 222 g/mol. The summed E-state index contributed by atoms with van der Waals surface area (Å²) in [7, 11) is 1.71. The molecule has 0 amide bonds. The number of rotatable bonds is 5. The molecule has 2 N–H and O–H groups in total. The Morgan fingerprint density at radius 2 is 2.25 bits per heavy atom. The molecule has 0 atom stereocenters. The minimum absolute atomic E-state index is 0.345. The Labute approximate surface area is 95.6 Å². The van der Waals surface area contributed by atoms with Crippen LogP contribution in [0.3, 0.4) is 0 Å². The highest BCUT2D eigenvalue weighted by atomic mass is 16.5. The monoisotopic (exact) mass is 222 g/mol. The minimum atomic E-state index is 0.345. The first-order chi connectivity index (χ1) is 7.70. The Morgan fingerprint density at radius 1 is 1.50 bits per heavy atom. The highest BCUT2D eigenvalue weighted by molar-refractivity contribution is 5.45. The van der Waals surface area contributed by atoms with Crippen molar-refractivity contribution in [2.75, 3.05) is 30.9 Å². The molecule has 16 heavy (non-hydrogen) atoms. The van der Waals surface area contributed by atoms with Crippen LogP contribution in [0.2, 0.25) is 0 Å². The molecular weight excluding hydrogens is 204 g/mol. The fourth-order valence-corrected chi connectivity index (χ4v) is 1.78. The molecule has 0 aliphatic heterocycles. The standard InChI is InChI=1S/C11H18N4O/c1-8-7-10(14-11(12)13-8)15(5-6-16-2)9-3-4-9/h7,9H,3-6H2,1-2H3,(H2,12,13,14). The van der Waals surface area contributed by atoms with Crippen molar-refractivity contribution in [2.45, 2.75) is 25.8 Å². The topological polar surface area (TPSA) is 64.3 Å². The van der Waals surface area contributed by atoms with Crippen molar-refractivity contribution in [3.8, 4) is 0 Å².